The fourth-order valence-corrected chi connectivity index (χ4v) is 8.56. The lowest BCUT2D eigenvalue weighted by molar-refractivity contribution is -0.132. The number of carbonyl (C=O) groups excluding carboxylic acids is 2. The number of hydrogen-bond donors (Lipinski definition) is 1. The monoisotopic (exact) mass is 409 g/mol. The highest BCUT2D eigenvalue weighted by Gasteiger charge is 2.61. The minimum absolute atomic E-state index is 0.129. The van der Waals surface area contributed by atoms with Crippen LogP contribution in [0.1, 0.15) is 58.8 Å². The number of thioether (sulfide) groups is 1. The fraction of sp³-hybridized carbons (Fsp3) is 0.600. The van der Waals surface area contributed by atoms with Crippen LogP contribution in [0.4, 0.5) is 5.69 Å². The quantitative estimate of drug-likeness (QED) is 0.661. The lowest BCUT2D eigenvalue weighted by Crippen LogP contribution is -2.54. The maximum absolute atomic E-state index is 12.8. The molecule has 0 spiro atoms. The summed E-state index contributed by atoms with van der Waals surface area (Å²) in [7, 11) is 0. The van der Waals surface area contributed by atoms with Crippen molar-refractivity contribution in [3.8, 4) is 0 Å². The van der Waals surface area contributed by atoms with Crippen LogP contribution >= 0.6 is 11.8 Å². The van der Waals surface area contributed by atoms with E-state index in [-0.39, 0.29) is 10.8 Å². The van der Waals surface area contributed by atoms with Gasteiger partial charge in [0.2, 0.25) is 0 Å². The van der Waals surface area contributed by atoms with E-state index >= 15 is 0 Å². The zero-order chi connectivity index (χ0) is 20.4. The first kappa shape index (κ1) is 19.4. The Morgan fingerprint density at radius 3 is 2.45 bits per heavy atom. The van der Waals surface area contributed by atoms with Gasteiger partial charge in [-0.1, -0.05) is 19.4 Å². The first-order valence-corrected chi connectivity index (χ1v) is 12.0. The number of benzene rings is 1. The van der Waals surface area contributed by atoms with Crippen LogP contribution in [0.5, 0.6) is 0 Å². The van der Waals surface area contributed by atoms with E-state index in [2.05, 4.69) is 26.0 Å². The Morgan fingerprint density at radius 1 is 0.966 bits per heavy atom. The molecule has 3 nitrogen and oxygen atoms in total. The van der Waals surface area contributed by atoms with Gasteiger partial charge in [0, 0.05) is 34.1 Å². The van der Waals surface area contributed by atoms with Gasteiger partial charge in [0.15, 0.2) is 5.78 Å². The molecule has 154 valence electrons. The van der Waals surface area contributed by atoms with Crippen molar-refractivity contribution in [2.24, 2.45) is 28.6 Å². The molecule has 0 saturated heterocycles. The van der Waals surface area contributed by atoms with E-state index in [1.807, 2.05) is 30.0 Å². The van der Waals surface area contributed by atoms with Gasteiger partial charge in [0.05, 0.1) is 0 Å². The molecule has 0 amide bonds. The Balaban J connectivity index is 1.56. The number of ketones is 2. The van der Waals surface area contributed by atoms with E-state index in [0.717, 1.165) is 44.2 Å². The first-order chi connectivity index (χ1) is 13.8. The number of nitrogen functional groups attached to an aromatic ring is 1. The summed E-state index contributed by atoms with van der Waals surface area (Å²) in [6.45, 7) is 4.65. The number of anilines is 1. The summed E-state index contributed by atoms with van der Waals surface area (Å²) in [6.07, 6.45) is 8.54. The normalized spacial score (nSPS) is 41.4. The van der Waals surface area contributed by atoms with Crippen molar-refractivity contribution in [1.29, 1.82) is 0 Å². The van der Waals surface area contributed by atoms with Crippen LogP contribution < -0.4 is 5.73 Å². The minimum Gasteiger partial charge on any atom is -0.399 e. The average Bonchev–Trinajstić information content (AvgIpc) is 3.00. The number of nitrogens with two attached hydrogens (primary N) is 1. The number of hydrogen-bond acceptors (Lipinski definition) is 4. The van der Waals surface area contributed by atoms with E-state index in [1.165, 1.54) is 10.5 Å². The molecule has 3 saturated carbocycles. The van der Waals surface area contributed by atoms with Gasteiger partial charge >= 0.3 is 0 Å². The van der Waals surface area contributed by atoms with E-state index in [1.54, 1.807) is 0 Å². The summed E-state index contributed by atoms with van der Waals surface area (Å²) in [5.74, 6) is 2.38. The third-order valence-corrected chi connectivity index (χ3v) is 10.2. The smallest absolute Gasteiger partial charge is 0.155 e. The Labute approximate surface area is 177 Å². The molecule has 1 aromatic rings. The number of fused-ring (bicyclic) bond motifs is 5. The molecule has 0 radical (unpaired) electrons. The molecule has 4 aliphatic rings. The maximum Gasteiger partial charge on any atom is 0.155 e. The first-order valence-electron chi connectivity index (χ1n) is 11.1. The molecule has 6 atom stereocenters. The SMILES string of the molecule is C[C@]12CCC(=O)C=C1CC(Sc1ccc(N)cc1)[C@@H]1[C@H]2CC[C@]2(C)C(=O)CC[C@@H]12. The minimum atomic E-state index is -0.136. The number of Topliss-reactive ketones (excluding diaryl/α,β-unsaturated/α-hetero) is 1. The fourth-order valence-electron chi connectivity index (χ4n) is 7.11. The second-order valence-electron chi connectivity index (χ2n) is 10.2. The molecule has 4 heteroatoms. The van der Waals surface area contributed by atoms with E-state index in [0.29, 0.717) is 41.0 Å². The molecular weight excluding hydrogens is 378 g/mol. The predicted molar refractivity (Wildman–Crippen MR) is 118 cm³/mol. The van der Waals surface area contributed by atoms with Crippen molar-refractivity contribution < 1.29 is 9.59 Å². The summed E-state index contributed by atoms with van der Waals surface area (Å²) in [5, 5.41) is 0.421. The predicted octanol–water partition coefficient (Wildman–Crippen LogP) is 5.44. The highest BCUT2D eigenvalue weighted by atomic mass is 32.2. The Kier molecular flexibility index (Phi) is 4.51. The van der Waals surface area contributed by atoms with E-state index < -0.39 is 0 Å². The van der Waals surface area contributed by atoms with Crippen molar-refractivity contribution in [2.45, 2.75) is 68.9 Å². The molecular formula is C25H31NO2S. The van der Waals surface area contributed by atoms with Crippen molar-refractivity contribution in [2.75, 3.05) is 5.73 Å². The standard InChI is InChI=1S/C25H31NO2S/c1-24-11-9-17(27)13-15(24)14-21(29-18-5-3-16(26)4-6-18)23-19-7-8-22(28)25(19,2)12-10-20(23)24/h3-6,13,19-21,23H,7-12,14,26H2,1-2H3/t19-,20+,21?,23-,24-,25-/m0/s1. The topological polar surface area (TPSA) is 60.2 Å². The molecule has 0 aromatic heterocycles. The van der Waals surface area contributed by atoms with E-state index in [4.69, 9.17) is 5.73 Å². The van der Waals surface area contributed by atoms with Crippen LogP contribution in [0.15, 0.2) is 40.8 Å². The van der Waals surface area contributed by atoms with Crippen molar-refractivity contribution in [3.63, 3.8) is 0 Å². The van der Waals surface area contributed by atoms with Gasteiger partial charge in [-0.05, 0) is 85.6 Å². The van der Waals surface area contributed by atoms with Gasteiger partial charge in [0.25, 0.3) is 0 Å². The van der Waals surface area contributed by atoms with Crippen LogP contribution in [0.3, 0.4) is 0 Å². The zero-order valence-electron chi connectivity index (χ0n) is 17.4. The highest BCUT2D eigenvalue weighted by molar-refractivity contribution is 8.00. The van der Waals surface area contributed by atoms with Crippen LogP contribution in [0, 0.1) is 28.6 Å². The number of rotatable bonds is 2. The van der Waals surface area contributed by atoms with Crippen LogP contribution in [0.25, 0.3) is 0 Å². The van der Waals surface area contributed by atoms with Crippen LogP contribution in [0.2, 0.25) is 0 Å². The zero-order valence-corrected chi connectivity index (χ0v) is 18.3. The molecule has 0 heterocycles. The molecule has 29 heavy (non-hydrogen) atoms. The van der Waals surface area contributed by atoms with Gasteiger partial charge in [-0.3, -0.25) is 9.59 Å². The molecule has 4 aliphatic carbocycles. The molecule has 3 fully saturated rings. The lowest BCUT2D eigenvalue weighted by atomic mass is 9.47. The molecule has 2 N–H and O–H groups in total. The third-order valence-electron chi connectivity index (χ3n) is 8.84. The van der Waals surface area contributed by atoms with Crippen LogP contribution in [-0.2, 0) is 9.59 Å². The van der Waals surface area contributed by atoms with E-state index in [9.17, 15) is 9.59 Å². The van der Waals surface area contributed by atoms with Gasteiger partial charge in [-0.2, -0.15) is 0 Å². The Morgan fingerprint density at radius 2 is 1.69 bits per heavy atom. The summed E-state index contributed by atoms with van der Waals surface area (Å²) >= 11 is 1.94. The van der Waals surface area contributed by atoms with Gasteiger partial charge in [-0.15, -0.1) is 11.8 Å². The van der Waals surface area contributed by atoms with Gasteiger partial charge < -0.3 is 5.73 Å². The molecule has 0 bridgehead atoms. The Bertz CT molecular complexity index is 891. The van der Waals surface area contributed by atoms with Gasteiger partial charge in [-0.25, -0.2) is 0 Å². The number of allylic oxidation sites excluding steroid dienone is 1. The summed E-state index contributed by atoms with van der Waals surface area (Å²) in [5.41, 5.74) is 8.05. The second kappa shape index (κ2) is 6.73. The molecule has 1 aromatic carbocycles. The summed E-state index contributed by atoms with van der Waals surface area (Å²) in [6, 6.07) is 8.18. The summed E-state index contributed by atoms with van der Waals surface area (Å²) in [4.78, 5) is 26.3. The van der Waals surface area contributed by atoms with Crippen LogP contribution in [-0.4, -0.2) is 16.8 Å². The second-order valence-corrected chi connectivity index (χ2v) is 11.5. The molecule has 1 unspecified atom stereocenters. The molecule has 5 rings (SSSR count). The average molecular weight is 410 g/mol. The number of carbonyl (C=O) groups is 2. The summed E-state index contributed by atoms with van der Waals surface area (Å²) < 4.78 is 0. The highest BCUT2D eigenvalue weighted by Crippen LogP contribution is 2.66. The molecule has 0 aliphatic heterocycles. The third kappa shape index (κ3) is 2.93. The Hall–Kier alpha value is -1.55. The largest absolute Gasteiger partial charge is 0.399 e. The maximum atomic E-state index is 12.8. The van der Waals surface area contributed by atoms with Crippen molar-refractivity contribution in [3.05, 3.63) is 35.9 Å². The van der Waals surface area contributed by atoms with Crippen molar-refractivity contribution in [1.82, 2.24) is 0 Å². The van der Waals surface area contributed by atoms with Gasteiger partial charge in [0.1, 0.15) is 5.78 Å². The van der Waals surface area contributed by atoms with Crippen molar-refractivity contribution >= 4 is 29.0 Å². The lowest BCUT2D eigenvalue weighted by Gasteiger charge is -2.59.